The van der Waals surface area contributed by atoms with Gasteiger partial charge in [-0.15, -0.1) is 0 Å². The molecule has 0 unspecified atom stereocenters. The topological polar surface area (TPSA) is 67.2 Å². The number of benzene rings is 1. The zero-order chi connectivity index (χ0) is 12.0. The van der Waals surface area contributed by atoms with Crippen LogP contribution < -0.4 is 0 Å². The van der Waals surface area contributed by atoms with E-state index in [9.17, 15) is 8.42 Å². The van der Waals surface area contributed by atoms with Gasteiger partial charge in [0.1, 0.15) is 0 Å². The standard InChI is InChI=1S/C11H13NO3S/c1-2-15-7-8-16(13,14)11-5-3-10(9-12)4-6-11/h3-6H,2,7-8H2,1H3. The number of hydrogen-bond acceptors (Lipinski definition) is 4. The summed E-state index contributed by atoms with van der Waals surface area (Å²) in [5, 5.41) is 8.59. The predicted molar refractivity (Wildman–Crippen MR) is 59.7 cm³/mol. The Hall–Kier alpha value is -1.38. The molecular weight excluding hydrogens is 226 g/mol. The molecule has 0 amide bonds. The number of nitrogens with zero attached hydrogens (tertiary/aromatic N) is 1. The van der Waals surface area contributed by atoms with Crippen molar-refractivity contribution in [2.75, 3.05) is 19.0 Å². The predicted octanol–water partition coefficient (Wildman–Crippen LogP) is 1.37. The van der Waals surface area contributed by atoms with Gasteiger partial charge in [0.15, 0.2) is 9.84 Å². The molecule has 4 nitrogen and oxygen atoms in total. The van der Waals surface area contributed by atoms with Gasteiger partial charge in [-0.3, -0.25) is 0 Å². The maximum Gasteiger partial charge on any atom is 0.180 e. The minimum atomic E-state index is -3.29. The molecule has 1 aromatic rings. The summed E-state index contributed by atoms with van der Waals surface area (Å²) in [6, 6.07) is 7.81. The third kappa shape index (κ3) is 3.33. The van der Waals surface area contributed by atoms with Gasteiger partial charge < -0.3 is 4.74 Å². The van der Waals surface area contributed by atoms with Gasteiger partial charge >= 0.3 is 0 Å². The Bertz CT molecular complexity index is 471. The van der Waals surface area contributed by atoms with Gasteiger partial charge in [0.05, 0.1) is 28.9 Å². The summed E-state index contributed by atoms with van der Waals surface area (Å²) in [5.41, 5.74) is 0.448. The maximum atomic E-state index is 11.7. The van der Waals surface area contributed by atoms with Gasteiger partial charge in [-0.05, 0) is 31.2 Å². The molecule has 0 radical (unpaired) electrons. The molecule has 0 fully saturated rings. The molecule has 0 saturated heterocycles. The number of sulfone groups is 1. The molecule has 0 aliphatic carbocycles. The third-order valence-electron chi connectivity index (χ3n) is 2.04. The highest BCUT2D eigenvalue weighted by atomic mass is 32.2. The van der Waals surface area contributed by atoms with Crippen LogP contribution in [0.25, 0.3) is 0 Å². The van der Waals surface area contributed by atoms with Crippen molar-refractivity contribution in [2.45, 2.75) is 11.8 Å². The Balaban J connectivity index is 2.79. The fourth-order valence-electron chi connectivity index (χ4n) is 1.17. The fraction of sp³-hybridized carbons (Fsp3) is 0.364. The molecule has 1 rings (SSSR count). The van der Waals surface area contributed by atoms with E-state index in [0.29, 0.717) is 12.2 Å². The molecule has 0 spiro atoms. The van der Waals surface area contributed by atoms with Gasteiger partial charge in [0, 0.05) is 6.61 Å². The molecule has 0 atom stereocenters. The summed E-state index contributed by atoms with van der Waals surface area (Å²) < 4.78 is 28.5. The van der Waals surface area contributed by atoms with Crippen LogP contribution in [0.3, 0.4) is 0 Å². The molecule has 0 heterocycles. The van der Waals surface area contributed by atoms with E-state index in [1.165, 1.54) is 24.3 Å². The molecule has 0 aromatic heterocycles. The van der Waals surface area contributed by atoms with Crippen LogP contribution in [0.5, 0.6) is 0 Å². The van der Waals surface area contributed by atoms with Crippen molar-refractivity contribution in [3.05, 3.63) is 29.8 Å². The smallest absolute Gasteiger partial charge is 0.180 e. The van der Waals surface area contributed by atoms with Crippen molar-refractivity contribution in [3.63, 3.8) is 0 Å². The molecule has 0 saturated carbocycles. The Kier molecular flexibility index (Phi) is 4.47. The first-order valence-corrected chi connectivity index (χ1v) is 6.56. The summed E-state index contributed by atoms with van der Waals surface area (Å²) in [5.74, 6) is -0.0350. The van der Waals surface area contributed by atoms with E-state index >= 15 is 0 Å². The lowest BCUT2D eigenvalue weighted by atomic mass is 10.2. The van der Waals surface area contributed by atoms with Crippen LogP contribution in [0.1, 0.15) is 12.5 Å². The van der Waals surface area contributed by atoms with Gasteiger partial charge in [0.25, 0.3) is 0 Å². The molecule has 0 aliphatic rings. The van der Waals surface area contributed by atoms with Crippen molar-refractivity contribution >= 4 is 9.84 Å². The highest BCUT2D eigenvalue weighted by Gasteiger charge is 2.13. The van der Waals surface area contributed by atoms with Crippen molar-refractivity contribution < 1.29 is 13.2 Å². The number of rotatable bonds is 5. The second kappa shape index (κ2) is 5.64. The summed E-state index contributed by atoms with van der Waals surface area (Å²) in [4.78, 5) is 0.228. The second-order valence-corrected chi connectivity index (χ2v) is 5.26. The van der Waals surface area contributed by atoms with Crippen molar-refractivity contribution in [3.8, 4) is 6.07 Å². The van der Waals surface area contributed by atoms with Crippen LogP contribution in [0, 0.1) is 11.3 Å². The van der Waals surface area contributed by atoms with Crippen molar-refractivity contribution in [1.82, 2.24) is 0 Å². The summed E-state index contributed by atoms with van der Waals surface area (Å²) in [7, 11) is -3.29. The lowest BCUT2D eigenvalue weighted by Crippen LogP contribution is -2.12. The van der Waals surface area contributed by atoms with Crippen LogP contribution >= 0.6 is 0 Å². The van der Waals surface area contributed by atoms with Gasteiger partial charge in [-0.2, -0.15) is 5.26 Å². The van der Waals surface area contributed by atoms with Gasteiger partial charge in [-0.1, -0.05) is 0 Å². The third-order valence-corrected chi connectivity index (χ3v) is 3.74. The van der Waals surface area contributed by atoms with Crippen LogP contribution in [0.4, 0.5) is 0 Å². The van der Waals surface area contributed by atoms with E-state index < -0.39 is 9.84 Å². The first-order chi connectivity index (χ1) is 7.60. The van der Waals surface area contributed by atoms with Crippen molar-refractivity contribution in [2.24, 2.45) is 0 Å². The van der Waals surface area contributed by atoms with E-state index in [1.807, 2.05) is 13.0 Å². The highest BCUT2D eigenvalue weighted by molar-refractivity contribution is 7.91. The number of nitriles is 1. The van der Waals surface area contributed by atoms with E-state index in [1.54, 1.807) is 0 Å². The van der Waals surface area contributed by atoms with Gasteiger partial charge in [0.2, 0.25) is 0 Å². The summed E-state index contributed by atoms with van der Waals surface area (Å²) in [6.45, 7) is 2.51. The molecule has 86 valence electrons. The first-order valence-electron chi connectivity index (χ1n) is 4.91. The minimum absolute atomic E-state index is 0.0350. The zero-order valence-electron chi connectivity index (χ0n) is 9.01. The Labute approximate surface area is 95.4 Å². The van der Waals surface area contributed by atoms with E-state index in [2.05, 4.69) is 0 Å². The molecule has 0 N–H and O–H groups in total. The monoisotopic (exact) mass is 239 g/mol. The fourth-order valence-corrected chi connectivity index (χ4v) is 2.29. The Morgan fingerprint density at radius 1 is 1.31 bits per heavy atom. The number of ether oxygens (including phenoxy) is 1. The Morgan fingerprint density at radius 3 is 2.44 bits per heavy atom. The van der Waals surface area contributed by atoms with E-state index in [0.717, 1.165) is 0 Å². The molecule has 1 aromatic carbocycles. The average molecular weight is 239 g/mol. The second-order valence-electron chi connectivity index (χ2n) is 3.15. The minimum Gasteiger partial charge on any atom is -0.381 e. The number of hydrogen-bond donors (Lipinski definition) is 0. The quantitative estimate of drug-likeness (QED) is 0.728. The lowest BCUT2D eigenvalue weighted by molar-refractivity contribution is 0.163. The van der Waals surface area contributed by atoms with Gasteiger partial charge in [-0.25, -0.2) is 8.42 Å². The molecule has 0 bridgehead atoms. The zero-order valence-corrected chi connectivity index (χ0v) is 9.83. The summed E-state index contributed by atoms with van der Waals surface area (Å²) >= 11 is 0. The van der Waals surface area contributed by atoms with Crippen LogP contribution in [0.15, 0.2) is 29.2 Å². The maximum absolute atomic E-state index is 11.7. The normalized spacial score (nSPS) is 11.0. The lowest BCUT2D eigenvalue weighted by Gasteiger charge is -2.04. The highest BCUT2D eigenvalue weighted by Crippen LogP contribution is 2.11. The van der Waals surface area contributed by atoms with E-state index in [-0.39, 0.29) is 17.3 Å². The van der Waals surface area contributed by atoms with E-state index in [4.69, 9.17) is 10.00 Å². The largest absolute Gasteiger partial charge is 0.381 e. The van der Waals surface area contributed by atoms with Crippen LogP contribution in [0.2, 0.25) is 0 Å². The van der Waals surface area contributed by atoms with Crippen LogP contribution in [-0.4, -0.2) is 27.4 Å². The molecule has 0 aliphatic heterocycles. The average Bonchev–Trinajstić information content (AvgIpc) is 2.29. The van der Waals surface area contributed by atoms with Crippen molar-refractivity contribution in [1.29, 1.82) is 5.26 Å². The Morgan fingerprint density at radius 2 is 1.94 bits per heavy atom. The first kappa shape index (κ1) is 12.7. The summed E-state index contributed by atoms with van der Waals surface area (Å²) in [6.07, 6.45) is 0. The molecular formula is C11H13NO3S. The molecule has 5 heteroatoms. The SMILES string of the molecule is CCOCCS(=O)(=O)c1ccc(C#N)cc1. The molecule has 16 heavy (non-hydrogen) atoms. The van der Waals surface area contributed by atoms with Crippen LogP contribution in [-0.2, 0) is 14.6 Å².